The first kappa shape index (κ1) is 24.4. The van der Waals surface area contributed by atoms with Gasteiger partial charge in [-0.3, -0.25) is 14.4 Å². The summed E-state index contributed by atoms with van der Waals surface area (Å²) in [7, 11) is -3.88. The predicted molar refractivity (Wildman–Crippen MR) is 122 cm³/mol. The normalized spacial score (nSPS) is 15.5. The van der Waals surface area contributed by atoms with E-state index in [1.165, 1.54) is 19.1 Å². The van der Waals surface area contributed by atoms with Crippen LogP contribution in [-0.4, -0.2) is 56.8 Å². The molecule has 2 N–H and O–H groups in total. The van der Waals surface area contributed by atoms with Gasteiger partial charge in [-0.25, -0.2) is 8.42 Å². The van der Waals surface area contributed by atoms with Crippen molar-refractivity contribution in [2.45, 2.75) is 30.7 Å². The van der Waals surface area contributed by atoms with Crippen LogP contribution in [0.15, 0.2) is 65.6 Å². The minimum absolute atomic E-state index is 0.0277. The molecular formula is C23H27N3O6S. The summed E-state index contributed by atoms with van der Waals surface area (Å²) >= 11 is 0. The van der Waals surface area contributed by atoms with Crippen LogP contribution in [0.2, 0.25) is 0 Å². The number of hydrogen-bond donors (Lipinski definition) is 2. The highest BCUT2D eigenvalue weighted by Gasteiger charge is 2.29. The molecule has 2 aromatic carbocycles. The first-order valence-corrected chi connectivity index (χ1v) is 12.1. The summed E-state index contributed by atoms with van der Waals surface area (Å²) in [5, 5.41) is 2.87. The van der Waals surface area contributed by atoms with E-state index in [0.29, 0.717) is 25.9 Å². The molecule has 2 aromatic rings. The maximum Gasteiger partial charge on any atom is 0.324 e. The van der Waals surface area contributed by atoms with Crippen LogP contribution in [0.4, 0.5) is 5.69 Å². The van der Waals surface area contributed by atoms with Gasteiger partial charge < -0.3 is 15.0 Å². The Bertz CT molecular complexity index is 1070. The first-order valence-electron chi connectivity index (χ1n) is 10.6. The fourth-order valence-corrected chi connectivity index (χ4v) is 4.67. The van der Waals surface area contributed by atoms with E-state index in [-0.39, 0.29) is 22.6 Å². The summed E-state index contributed by atoms with van der Waals surface area (Å²) in [6, 6.07) is 15.7. The number of piperidine rings is 1. The fourth-order valence-electron chi connectivity index (χ4n) is 3.45. The van der Waals surface area contributed by atoms with Crippen molar-refractivity contribution in [3.05, 3.63) is 60.7 Å². The zero-order chi connectivity index (χ0) is 23.8. The Morgan fingerprint density at radius 2 is 1.58 bits per heavy atom. The zero-order valence-electron chi connectivity index (χ0n) is 18.3. The summed E-state index contributed by atoms with van der Waals surface area (Å²) in [6.45, 7) is 1.61. The van der Waals surface area contributed by atoms with E-state index in [1.807, 2.05) is 30.3 Å². The standard InChI is InChI=1S/C23H27N3O6S/c1-17(25-33(30,31)20-10-6-3-7-11-20)23(29)32-16-21(27)26-14-12-18(13-15-26)22(28)24-19-8-4-2-5-9-19/h2-11,17-18,25H,12-16H2,1H3,(H,24,28)/t17-/m0/s1. The maximum absolute atomic E-state index is 12.4. The van der Waals surface area contributed by atoms with E-state index in [9.17, 15) is 22.8 Å². The number of rotatable bonds is 8. The van der Waals surface area contributed by atoms with E-state index in [1.54, 1.807) is 23.1 Å². The van der Waals surface area contributed by atoms with Crippen molar-refractivity contribution in [2.24, 2.45) is 5.92 Å². The number of likely N-dealkylation sites (tertiary alicyclic amines) is 1. The molecular weight excluding hydrogens is 446 g/mol. The second kappa shape index (κ2) is 11.1. The molecule has 9 nitrogen and oxygen atoms in total. The molecule has 176 valence electrons. The number of anilines is 1. The van der Waals surface area contributed by atoms with Crippen LogP contribution in [0.3, 0.4) is 0 Å². The molecule has 0 spiro atoms. The lowest BCUT2D eigenvalue weighted by Crippen LogP contribution is -2.44. The quantitative estimate of drug-likeness (QED) is 0.564. The minimum Gasteiger partial charge on any atom is -0.454 e. The van der Waals surface area contributed by atoms with Gasteiger partial charge in [0.2, 0.25) is 15.9 Å². The molecule has 33 heavy (non-hydrogen) atoms. The highest BCUT2D eigenvalue weighted by molar-refractivity contribution is 7.89. The van der Waals surface area contributed by atoms with Crippen molar-refractivity contribution in [3.63, 3.8) is 0 Å². The van der Waals surface area contributed by atoms with Crippen LogP contribution in [0.5, 0.6) is 0 Å². The van der Waals surface area contributed by atoms with Crippen LogP contribution < -0.4 is 10.0 Å². The van der Waals surface area contributed by atoms with Gasteiger partial charge in [-0.05, 0) is 44.0 Å². The molecule has 1 atom stereocenters. The van der Waals surface area contributed by atoms with Gasteiger partial charge in [0.15, 0.2) is 6.61 Å². The van der Waals surface area contributed by atoms with E-state index in [2.05, 4.69) is 10.0 Å². The highest BCUT2D eigenvalue weighted by atomic mass is 32.2. The summed E-state index contributed by atoms with van der Waals surface area (Å²) in [5.74, 6) is -1.52. The lowest BCUT2D eigenvalue weighted by molar-refractivity contribution is -0.153. The van der Waals surface area contributed by atoms with Gasteiger partial charge in [0.05, 0.1) is 4.90 Å². The van der Waals surface area contributed by atoms with Gasteiger partial charge >= 0.3 is 5.97 Å². The molecule has 0 saturated carbocycles. The van der Waals surface area contributed by atoms with E-state index in [4.69, 9.17) is 4.74 Å². The van der Waals surface area contributed by atoms with Gasteiger partial charge in [0.25, 0.3) is 5.91 Å². The monoisotopic (exact) mass is 473 g/mol. The summed E-state index contributed by atoms with van der Waals surface area (Å²) < 4.78 is 31.9. The highest BCUT2D eigenvalue weighted by Crippen LogP contribution is 2.19. The number of sulfonamides is 1. The smallest absolute Gasteiger partial charge is 0.324 e. The molecule has 1 saturated heterocycles. The van der Waals surface area contributed by atoms with E-state index in [0.717, 1.165) is 5.69 Å². The molecule has 1 aliphatic heterocycles. The third kappa shape index (κ3) is 6.87. The first-order chi connectivity index (χ1) is 15.8. The van der Waals surface area contributed by atoms with Gasteiger partial charge in [-0.1, -0.05) is 36.4 Å². The summed E-state index contributed by atoms with van der Waals surface area (Å²) in [5.41, 5.74) is 0.727. The fraction of sp³-hybridized carbons (Fsp3) is 0.348. The molecule has 1 aliphatic rings. The number of carbonyl (C=O) groups is 3. The van der Waals surface area contributed by atoms with Gasteiger partial charge in [-0.15, -0.1) is 0 Å². The van der Waals surface area contributed by atoms with Crippen LogP contribution in [0.25, 0.3) is 0 Å². The molecule has 0 bridgehead atoms. The largest absolute Gasteiger partial charge is 0.454 e. The second-order valence-electron chi connectivity index (χ2n) is 7.77. The molecule has 0 radical (unpaired) electrons. The van der Waals surface area contributed by atoms with Crippen molar-refractivity contribution in [1.82, 2.24) is 9.62 Å². The Morgan fingerprint density at radius 3 is 2.18 bits per heavy atom. The third-order valence-electron chi connectivity index (χ3n) is 5.34. The minimum atomic E-state index is -3.88. The van der Waals surface area contributed by atoms with Gasteiger partial charge in [0, 0.05) is 24.7 Å². The predicted octanol–water partition coefficient (Wildman–Crippen LogP) is 1.77. The zero-order valence-corrected chi connectivity index (χ0v) is 19.1. The van der Waals surface area contributed by atoms with Crippen molar-refractivity contribution in [2.75, 3.05) is 25.0 Å². The van der Waals surface area contributed by atoms with Crippen LogP contribution in [0, 0.1) is 5.92 Å². The number of ether oxygens (including phenoxy) is 1. The topological polar surface area (TPSA) is 122 Å². The Balaban J connectivity index is 1.41. The second-order valence-corrected chi connectivity index (χ2v) is 9.49. The number of nitrogens with one attached hydrogen (secondary N) is 2. The average molecular weight is 474 g/mol. The molecule has 10 heteroatoms. The number of carbonyl (C=O) groups excluding carboxylic acids is 3. The molecule has 0 aliphatic carbocycles. The maximum atomic E-state index is 12.4. The average Bonchev–Trinajstić information content (AvgIpc) is 2.83. The summed E-state index contributed by atoms with van der Waals surface area (Å²) in [4.78, 5) is 38.6. The number of benzene rings is 2. The number of para-hydroxylation sites is 1. The SMILES string of the molecule is C[C@H](NS(=O)(=O)c1ccccc1)C(=O)OCC(=O)N1CCC(C(=O)Nc2ccccc2)CC1. The Kier molecular flexibility index (Phi) is 8.18. The number of esters is 1. The van der Waals surface area contributed by atoms with Gasteiger partial charge in [0.1, 0.15) is 6.04 Å². The van der Waals surface area contributed by atoms with E-state index < -0.39 is 28.6 Å². The molecule has 3 rings (SSSR count). The van der Waals surface area contributed by atoms with E-state index >= 15 is 0 Å². The molecule has 1 fully saturated rings. The summed E-state index contributed by atoms with van der Waals surface area (Å²) in [6.07, 6.45) is 1.01. The van der Waals surface area contributed by atoms with Crippen LogP contribution in [-0.2, 0) is 29.1 Å². The van der Waals surface area contributed by atoms with Crippen molar-refractivity contribution < 1.29 is 27.5 Å². The van der Waals surface area contributed by atoms with Crippen LogP contribution in [0.1, 0.15) is 19.8 Å². The third-order valence-corrected chi connectivity index (χ3v) is 6.89. The van der Waals surface area contributed by atoms with Crippen molar-refractivity contribution in [1.29, 1.82) is 0 Å². The van der Waals surface area contributed by atoms with Crippen molar-refractivity contribution in [3.8, 4) is 0 Å². The number of amides is 2. The molecule has 1 heterocycles. The van der Waals surface area contributed by atoms with Crippen LogP contribution >= 0.6 is 0 Å². The number of hydrogen-bond acceptors (Lipinski definition) is 6. The Labute approximate surface area is 193 Å². The number of nitrogens with zero attached hydrogens (tertiary/aromatic N) is 1. The molecule has 0 aromatic heterocycles. The van der Waals surface area contributed by atoms with Crippen molar-refractivity contribution >= 4 is 33.5 Å². The lowest BCUT2D eigenvalue weighted by atomic mass is 9.95. The molecule has 0 unspecified atom stereocenters. The lowest BCUT2D eigenvalue weighted by Gasteiger charge is -2.31. The Morgan fingerprint density at radius 1 is 1.00 bits per heavy atom. The molecule has 2 amide bonds. The Hall–Kier alpha value is -3.24. The van der Waals surface area contributed by atoms with Gasteiger partial charge in [-0.2, -0.15) is 4.72 Å².